The van der Waals surface area contributed by atoms with E-state index in [1.54, 1.807) is 0 Å². The van der Waals surface area contributed by atoms with Crippen LogP contribution < -0.4 is 0 Å². The van der Waals surface area contributed by atoms with E-state index < -0.39 is 43.6 Å². The number of alkyl halides is 2. The van der Waals surface area contributed by atoms with Crippen LogP contribution in [0.5, 0.6) is 0 Å². The van der Waals surface area contributed by atoms with Crippen LogP contribution in [0.15, 0.2) is 0 Å². The number of halogens is 4. The molecular weight excluding hydrogens is 332 g/mol. The highest BCUT2D eigenvalue weighted by Crippen LogP contribution is 2.30. The molecule has 0 aliphatic carbocycles. The lowest BCUT2D eigenvalue weighted by Crippen LogP contribution is -2.52. The Hall–Kier alpha value is -3.18. The van der Waals surface area contributed by atoms with Gasteiger partial charge >= 0.3 is 17.7 Å². The largest absolute Gasteiger partial charge is 0.766 e. The SMILES string of the molecule is O=[N+]([O-])C(c1nnc(C(F)(F)N(F)F)nn1)([N+](=O)[O-])[N+](=O)[O-]. The van der Waals surface area contributed by atoms with E-state index in [4.69, 9.17) is 0 Å². The van der Waals surface area contributed by atoms with Gasteiger partial charge in [0.25, 0.3) is 5.82 Å². The molecule has 120 valence electrons. The minimum Gasteiger partial charge on any atom is -0.252 e. The molecule has 1 rings (SSSR count). The third kappa shape index (κ3) is 2.30. The van der Waals surface area contributed by atoms with E-state index in [-0.39, 0.29) is 0 Å². The van der Waals surface area contributed by atoms with Gasteiger partial charge < -0.3 is 0 Å². The zero-order valence-electron chi connectivity index (χ0n) is 9.54. The van der Waals surface area contributed by atoms with Gasteiger partial charge in [0.1, 0.15) is 0 Å². The van der Waals surface area contributed by atoms with Crippen molar-refractivity contribution in [2.45, 2.75) is 11.8 Å². The second kappa shape index (κ2) is 5.31. The minimum atomic E-state index is -5.13. The standard InChI is InChI=1S/C4F4N8O6/c5-3(6,13(7)8)1-9-11-2(12-10-1)4(14(17)18,15(19)20)16(21)22. The van der Waals surface area contributed by atoms with Gasteiger partial charge in [0.15, 0.2) is 14.8 Å². The van der Waals surface area contributed by atoms with Crippen LogP contribution in [0.2, 0.25) is 0 Å². The Balaban J connectivity index is 3.47. The summed E-state index contributed by atoms with van der Waals surface area (Å²) in [5, 5.41) is 38.5. The van der Waals surface area contributed by atoms with Gasteiger partial charge in [-0.25, -0.2) is 0 Å². The summed E-state index contributed by atoms with van der Waals surface area (Å²) < 4.78 is 49.2. The van der Waals surface area contributed by atoms with Crippen molar-refractivity contribution in [3.05, 3.63) is 42.0 Å². The van der Waals surface area contributed by atoms with Crippen LogP contribution in [-0.2, 0) is 11.8 Å². The number of hydrogen-bond donors (Lipinski definition) is 0. The zero-order valence-corrected chi connectivity index (χ0v) is 9.54. The molecule has 0 N–H and O–H groups in total. The third-order valence-corrected chi connectivity index (χ3v) is 2.02. The van der Waals surface area contributed by atoms with E-state index in [2.05, 4.69) is 20.4 Å². The van der Waals surface area contributed by atoms with Gasteiger partial charge in [0, 0.05) is 0 Å². The Morgan fingerprint density at radius 3 is 1.41 bits per heavy atom. The van der Waals surface area contributed by atoms with Gasteiger partial charge in [0.05, 0.1) is 5.34 Å². The second-order valence-electron chi connectivity index (χ2n) is 3.23. The molecule has 18 heteroatoms. The number of hydrogen-bond acceptors (Lipinski definition) is 11. The highest BCUT2D eigenvalue weighted by molar-refractivity contribution is 4.91. The second-order valence-corrected chi connectivity index (χ2v) is 3.23. The van der Waals surface area contributed by atoms with Crippen LogP contribution in [0, 0.1) is 30.3 Å². The van der Waals surface area contributed by atoms with Gasteiger partial charge in [-0.15, -0.1) is 20.4 Å². The first kappa shape index (κ1) is 16.9. The van der Waals surface area contributed by atoms with E-state index in [0.717, 1.165) is 0 Å². The van der Waals surface area contributed by atoms with E-state index in [1.165, 1.54) is 0 Å². The molecule has 0 radical (unpaired) electrons. The molecule has 14 nitrogen and oxygen atoms in total. The molecule has 22 heavy (non-hydrogen) atoms. The van der Waals surface area contributed by atoms with Crippen molar-refractivity contribution in [1.82, 2.24) is 25.7 Å². The van der Waals surface area contributed by atoms with Crippen LogP contribution >= 0.6 is 0 Å². The topological polar surface area (TPSA) is 184 Å². The summed E-state index contributed by atoms with van der Waals surface area (Å²) in [5.74, 6) is -8.37. The third-order valence-electron chi connectivity index (χ3n) is 2.02. The smallest absolute Gasteiger partial charge is 0.252 e. The molecule has 1 heterocycles. The molecule has 1 aromatic rings. The van der Waals surface area contributed by atoms with Crippen LogP contribution in [0.1, 0.15) is 11.6 Å². The van der Waals surface area contributed by atoms with Crippen LogP contribution in [0.4, 0.5) is 17.7 Å². The normalized spacial score (nSPS) is 12.2. The summed E-state index contributed by atoms with van der Waals surface area (Å²) in [6.07, 6.45) is 0. The monoisotopic (exact) mass is 332 g/mol. The molecule has 0 fully saturated rings. The maximum Gasteiger partial charge on any atom is 0.766 e. The first-order chi connectivity index (χ1) is 9.98. The lowest BCUT2D eigenvalue weighted by Gasteiger charge is -2.12. The lowest BCUT2D eigenvalue weighted by atomic mass is 10.3. The van der Waals surface area contributed by atoms with E-state index in [9.17, 15) is 48.1 Å². The maximum absolute atomic E-state index is 12.8. The zero-order chi connectivity index (χ0) is 17.3. The van der Waals surface area contributed by atoms with Gasteiger partial charge in [0.2, 0.25) is 0 Å². The maximum atomic E-state index is 12.8. The van der Waals surface area contributed by atoms with Crippen LogP contribution in [0.3, 0.4) is 0 Å². The van der Waals surface area contributed by atoms with Crippen molar-refractivity contribution in [1.29, 1.82) is 0 Å². The molecule has 1 aromatic heterocycles. The van der Waals surface area contributed by atoms with E-state index in [1.807, 2.05) is 0 Å². The van der Waals surface area contributed by atoms with Gasteiger partial charge in [-0.05, 0) is 0 Å². The number of aromatic nitrogens is 4. The fourth-order valence-corrected chi connectivity index (χ4v) is 1.00. The van der Waals surface area contributed by atoms with Crippen molar-refractivity contribution < 1.29 is 32.5 Å². The van der Waals surface area contributed by atoms with Crippen molar-refractivity contribution in [2.75, 3.05) is 0 Å². The molecular formula is C4F4N8O6. The Bertz CT molecular complexity index is 586. The molecule has 0 saturated carbocycles. The minimum absolute atomic E-state index is 1.91. The Morgan fingerprint density at radius 2 is 1.14 bits per heavy atom. The fraction of sp³-hybridized carbons (Fsp3) is 0.500. The molecule has 0 aromatic carbocycles. The predicted octanol–water partition coefficient (Wildman–Crippen LogP) is -0.673. The summed E-state index contributed by atoms with van der Waals surface area (Å²) >= 11 is 0. The molecule has 0 aliphatic rings. The summed E-state index contributed by atoms with van der Waals surface area (Å²) in [6.45, 7) is 0. The Morgan fingerprint density at radius 1 is 0.818 bits per heavy atom. The van der Waals surface area contributed by atoms with Crippen molar-refractivity contribution >= 4 is 0 Å². The van der Waals surface area contributed by atoms with Crippen LogP contribution in [-0.4, -0.2) is 40.5 Å². The summed E-state index contributed by atoms with van der Waals surface area (Å²) in [4.78, 5) is 25.7. The quantitative estimate of drug-likeness (QED) is 0.160. The average Bonchev–Trinajstić information content (AvgIpc) is 2.38. The summed E-state index contributed by atoms with van der Waals surface area (Å²) in [7, 11) is 0. The first-order valence-electron chi connectivity index (χ1n) is 4.50. The number of rotatable bonds is 6. The molecule has 0 bridgehead atoms. The van der Waals surface area contributed by atoms with Crippen molar-refractivity contribution in [3.63, 3.8) is 0 Å². The molecule has 0 amide bonds. The summed E-state index contributed by atoms with van der Waals surface area (Å²) in [6, 6.07) is -5.13. The first-order valence-corrected chi connectivity index (χ1v) is 4.50. The van der Waals surface area contributed by atoms with Gasteiger partial charge in [-0.3, -0.25) is 30.3 Å². The average molecular weight is 332 g/mol. The van der Waals surface area contributed by atoms with Gasteiger partial charge in [-0.1, -0.05) is 8.96 Å². The van der Waals surface area contributed by atoms with E-state index >= 15 is 0 Å². The predicted molar refractivity (Wildman–Crippen MR) is 48.2 cm³/mol. The highest BCUT2D eigenvalue weighted by atomic mass is 19.4. The van der Waals surface area contributed by atoms with Crippen LogP contribution in [0.25, 0.3) is 0 Å². The Labute approximate surface area is 113 Å². The summed E-state index contributed by atoms with van der Waals surface area (Å²) in [5.41, 5.74) is 0. The van der Waals surface area contributed by atoms with Crippen molar-refractivity contribution in [2.24, 2.45) is 0 Å². The molecule has 0 aliphatic heterocycles. The van der Waals surface area contributed by atoms with E-state index in [0.29, 0.717) is 0 Å². The number of nitro groups is 3. The lowest BCUT2D eigenvalue weighted by molar-refractivity contribution is -0.987. The highest BCUT2D eigenvalue weighted by Gasteiger charge is 2.77. The number of nitrogens with zero attached hydrogens (tertiary/aromatic N) is 8. The fourth-order valence-electron chi connectivity index (χ4n) is 1.00. The molecule has 0 saturated heterocycles. The Kier molecular flexibility index (Phi) is 4.07. The van der Waals surface area contributed by atoms with Gasteiger partial charge in [-0.2, -0.15) is 8.78 Å². The molecule has 0 unspecified atom stereocenters. The molecule has 0 atom stereocenters. The van der Waals surface area contributed by atoms with Crippen molar-refractivity contribution in [3.8, 4) is 0 Å². The molecule has 0 spiro atoms.